The fourth-order valence-electron chi connectivity index (χ4n) is 0.921. The average molecular weight is 215 g/mol. The Morgan fingerprint density at radius 2 is 2.18 bits per heavy atom. The first-order chi connectivity index (χ1) is 4.86. The summed E-state index contributed by atoms with van der Waals surface area (Å²) in [6.07, 6.45) is 3.40. The van der Waals surface area contributed by atoms with E-state index in [0.29, 0.717) is 0 Å². The van der Waals surface area contributed by atoms with Crippen molar-refractivity contribution in [2.75, 3.05) is 0 Å². The van der Waals surface area contributed by atoms with Gasteiger partial charge in [-0.05, 0) is 12.1 Å². The van der Waals surface area contributed by atoms with Gasteiger partial charge in [-0.25, -0.2) is 0 Å². The van der Waals surface area contributed by atoms with Crippen LogP contribution in [0.2, 0.25) is 0 Å². The van der Waals surface area contributed by atoms with Gasteiger partial charge in [-0.15, -0.1) is 17.0 Å². The SMILES string of the molecule is Br.Oc1cn2ccccc2n1. The van der Waals surface area contributed by atoms with Crippen molar-refractivity contribution in [3.05, 3.63) is 30.6 Å². The molecule has 0 aliphatic heterocycles. The van der Waals surface area contributed by atoms with Crippen LogP contribution >= 0.6 is 17.0 Å². The van der Waals surface area contributed by atoms with Crippen molar-refractivity contribution in [2.45, 2.75) is 0 Å². The Hall–Kier alpha value is -1.03. The van der Waals surface area contributed by atoms with Crippen molar-refractivity contribution in [3.8, 4) is 5.88 Å². The van der Waals surface area contributed by atoms with E-state index in [4.69, 9.17) is 5.11 Å². The molecule has 0 aromatic carbocycles. The molecule has 2 aromatic rings. The third kappa shape index (κ3) is 1.35. The van der Waals surface area contributed by atoms with Gasteiger partial charge in [0.05, 0.1) is 6.20 Å². The fraction of sp³-hybridized carbons (Fsp3) is 0. The molecule has 0 spiro atoms. The number of fused-ring (bicyclic) bond motifs is 1. The number of aromatic hydroxyl groups is 1. The van der Waals surface area contributed by atoms with Gasteiger partial charge < -0.3 is 9.51 Å². The number of nitrogens with zero attached hydrogens (tertiary/aromatic N) is 2. The molecule has 0 unspecified atom stereocenters. The van der Waals surface area contributed by atoms with Crippen molar-refractivity contribution >= 4 is 22.6 Å². The second-order valence-corrected chi connectivity index (χ2v) is 2.07. The van der Waals surface area contributed by atoms with E-state index >= 15 is 0 Å². The summed E-state index contributed by atoms with van der Waals surface area (Å²) in [5.74, 6) is 0.0613. The Bertz CT molecular complexity index is 325. The summed E-state index contributed by atoms with van der Waals surface area (Å²) in [4.78, 5) is 3.83. The van der Waals surface area contributed by atoms with Crippen molar-refractivity contribution in [2.24, 2.45) is 0 Å². The van der Waals surface area contributed by atoms with Crippen LogP contribution in [0.4, 0.5) is 0 Å². The Morgan fingerprint density at radius 1 is 1.36 bits per heavy atom. The van der Waals surface area contributed by atoms with E-state index in [-0.39, 0.29) is 22.9 Å². The third-order valence-electron chi connectivity index (χ3n) is 1.35. The second kappa shape index (κ2) is 2.92. The van der Waals surface area contributed by atoms with E-state index in [1.54, 1.807) is 10.6 Å². The molecule has 58 valence electrons. The van der Waals surface area contributed by atoms with Crippen LogP contribution in [-0.4, -0.2) is 14.5 Å². The van der Waals surface area contributed by atoms with Crippen LogP contribution < -0.4 is 0 Å². The van der Waals surface area contributed by atoms with Crippen LogP contribution in [-0.2, 0) is 0 Å². The maximum atomic E-state index is 8.92. The summed E-state index contributed by atoms with van der Waals surface area (Å²) >= 11 is 0. The maximum Gasteiger partial charge on any atom is 0.230 e. The first-order valence-electron chi connectivity index (χ1n) is 2.99. The summed E-state index contributed by atoms with van der Waals surface area (Å²) in [5, 5.41) is 8.92. The molecule has 2 rings (SSSR count). The van der Waals surface area contributed by atoms with Crippen molar-refractivity contribution in [1.29, 1.82) is 0 Å². The smallest absolute Gasteiger partial charge is 0.230 e. The molecule has 2 aromatic heterocycles. The molecular formula is C7H7BrN2O. The zero-order chi connectivity index (χ0) is 6.97. The van der Waals surface area contributed by atoms with Gasteiger partial charge in [0.2, 0.25) is 5.88 Å². The number of imidazole rings is 1. The van der Waals surface area contributed by atoms with Gasteiger partial charge in [-0.1, -0.05) is 6.07 Å². The average Bonchev–Trinajstić information content (AvgIpc) is 2.27. The lowest BCUT2D eigenvalue weighted by Gasteiger charge is -1.86. The topological polar surface area (TPSA) is 37.5 Å². The third-order valence-corrected chi connectivity index (χ3v) is 1.35. The normalized spacial score (nSPS) is 9.45. The van der Waals surface area contributed by atoms with Crippen LogP contribution in [0.15, 0.2) is 30.6 Å². The summed E-state index contributed by atoms with van der Waals surface area (Å²) in [6, 6.07) is 5.59. The van der Waals surface area contributed by atoms with Gasteiger partial charge in [0.15, 0.2) is 0 Å². The minimum Gasteiger partial charge on any atom is -0.492 e. The summed E-state index contributed by atoms with van der Waals surface area (Å²) in [5.41, 5.74) is 0.764. The van der Waals surface area contributed by atoms with E-state index in [9.17, 15) is 0 Å². The fourth-order valence-corrected chi connectivity index (χ4v) is 0.921. The Morgan fingerprint density at radius 3 is 2.91 bits per heavy atom. The molecule has 0 atom stereocenters. The molecule has 0 aliphatic carbocycles. The first kappa shape index (κ1) is 8.07. The lowest BCUT2D eigenvalue weighted by atomic mass is 10.5. The van der Waals surface area contributed by atoms with Gasteiger partial charge in [0.1, 0.15) is 5.65 Å². The lowest BCUT2D eigenvalue weighted by molar-refractivity contribution is 0.457. The molecule has 3 nitrogen and oxygen atoms in total. The Balaban J connectivity index is 0.000000605. The highest BCUT2D eigenvalue weighted by molar-refractivity contribution is 8.93. The number of hydrogen-bond acceptors (Lipinski definition) is 2. The molecule has 1 N–H and O–H groups in total. The highest BCUT2D eigenvalue weighted by Gasteiger charge is 1.94. The molecule has 0 saturated carbocycles. The van der Waals surface area contributed by atoms with Crippen LogP contribution in [0.1, 0.15) is 0 Å². The maximum absolute atomic E-state index is 8.92. The molecule has 0 aliphatic rings. The van der Waals surface area contributed by atoms with Crippen LogP contribution in [0.5, 0.6) is 5.88 Å². The van der Waals surface area contributed by atoms with Crippen molar-refractivity contribution < 1.29 is 5.11 Å². The summed E-state index contributed by atoms with van der Waals surface area (Å²) < 4.78 is 1.76. The highest BCUT2D eigenvalue weighted by atomic mass is 79.9. The van der Waals surface area contributed by atoms with Gasteiger partial charge in [-0.2, -0.15) is 4.98 Å². The number of rotatable bonds is 0. The van der Waals surface area contributed by atoms with Crippen LogP contribution in [0.25, 0.3) is 5.65 Å². The molecule has 0 radical (unpaired) electrons. The standard InChI is InChI=1S/C7H6N2O.BrH/c10-7-5-9-4-2-1-3-6(9)8-7;/h1-5,10H;1H. The molecule has 0 amide bonds. The van der Waals surface area contributed by atoms with E-state index in [1.165, 1.54) is 0 Å². The zero-order valence-corrected chi connectivity index (χ0v) is 7.35. The van der Waals surface area contributed by atoms with E-state index in [2.05, 4.69) is 4.98 Å². The van der Waals surface area contributed by atoms with E-state index < -0.39 is 0 Å². The summed E-state index contributed by atoms with van der Waals surface area (Å²) in [6.45, 7) is 0. The molecule has 0 bridgehead atoms. The number of aromatic nitrogens is 2. The quantitative estimate of drug-likeness (QED) is 0.724. The van der Waals surface area contributed by atoms with Gasteiger partial charge >= 0.3 is 0 Å². The lowest BCUT2D eigenvalue weighted by Crippen LogP contribution is -1.77. The largest absolute Gasteiger partial charge is 0.492 e. The van der Waals surface area contributed by atoms with Gasteiger partial charge in [0.25, 0.3) is 0 Å². The predicted octanol–water partition coefficient (Wildman–Crippen LogP) is 1.62. The highest BCUT2D eigenvalue weighted by Crippen LogP contribution is 2.07. The number of hydrogen-bond donors (Lipinski definition) is 1. The molecule has 11 heavy (non-hydrogen) atoms. The zero-order valence-electron chi connectivity index (χ0n) is 5.64. The minimum absolute atomic E-state index is 0. The molecule has 4 heteroatoms. The van der Waals surface area contributed by atoms with E-state index in [0.717, 1.165) is 5.65 Å². The molecule has 2 heterocycles. The summed E-state index contributed by atoms with van der Waals surface area (Å²) in [7, 11) is 0. The Labute approximate surface area is 74.1 Å². The monoisotopic (exact) mass is 214 g/mol. The van der Waals surface area contributed by atoms with Crippen LogP contribution in [0.3, 0.4) is 0 Å². The van der Waals surface area contributed by atoms with Crippen LogP contribution in [0, 0.1) is 0 Å². The molecule has 0 fully saturated rings. The number of halogens is 1. The Kier molecular flexibility index (Phi) is 2.14. The number of pyridine rings is 1. The van der Waals surface area contributed by atoms with Gasteiger partial charge in [-0.3, -0.25) is 0 Å². The van der Waals surface area contributed by atoms with Crippen molar-refractivity contribution in [3.63, 3.8) is 0 Å². The van der Waals surface area contributed by atoms with E-state index in [1.807, 2.05) is 24.4 Å². The predicted molar refractivity (Wildman–Crippen MR) is 47.2 cm³/mol. The molecular weight excluding hydrogens is 208 g/mol. The van der Waals surface area contributed by atoms with Crippen molar-refractivity contribution in [1.82, 2.24) is 9.38 Å². The molecule has 0 saturated heterocycles. The first-order valence-corrected chi connectivity index (χ1v) is 2.99. The minimum atomic E-state index is 0. The van der Waals surface area contributed by atoms with Gasteiger partial charge in [0, 0.05) is 6.20 Å². The second-order valence-electron chi connectivity index (χ2n) is 2.07.